The molecule has 0 unspecified atom stereocenters. The van der Waals surface area contributed by atoms with Crippen LogP contribution in [0.25, 0.3) is 0 Å². The molecular weight excluding hydrogens is 311 g/mol. The molecule has 1 N–H and O–H groups in total. The smallest absolute Gasteiger partial charge is 0.404 e. The zero-order chi connectivity index (χ0) is 15.7. The van der Waals surface area contributed by atoms with Crippen LogP contribution < -0.4 is 9.46 Å². The summed E-state index contributed by atoms with van der Waals surface area (Å²) < 4.78 is 68.0. The Hall–Kier alpha value is -2.23. The first kappa shape index (κ1) is 15.2. The number of rotatable bonds is 4. The van der Waals surface area contributed by atoms with E-state index in [-0.39, 0.29) is 10.7 Å². The Labute approximate surface area is 118 Å². The number of nitrogens with zero attached hydrogens (tertiary/aromatic N) is 2. The Balaban J connectivity index is 2.31. The van der Waals surface area contributed by atoms with Crippen molar-refractivity contribution in [2.24, 2.45) is 7.05 Å². The van der Waals surface area contributed by atoms with Gasteiger partial charge >= 0.3 is 6.36 Å². The summed E-state index contributed by atoms with van der Waals surface area (Å²) in [6.07, 6.45) is -2.45. The first-order chi connectivity index (χ1) is 9.67. The van der Waals surface area contributed by atoms with E-state index in [1.165, 1.54) is 29.2 Å². The maximum Gasteiger partial charge on any atom is 0.573 e. The molecule has 21 heavy (non-hydrogen) atoms. The van der Waals surface area contributed by atoms with Crippen LogP contribution >= 0.6 is 0 Å². The summed E-state index contributed by atoms with van der Waals surface area (Å²) in [5, 5.41) is -0.313. The molecule has 114 valence electrons. The Morgan fingerprint density at radius 3 is 2.52 bits per heavy atom. The summed E-state index contributed by atoms with van der Waals surface area (Å²) in [7, 11) is -2.54. The van der Waals surface area contributed by atoms with E-state index in [1.54, 1.807) is 7.05 Å². The van der Waals surface area contributed by atoms with Gasteiger partial charge in [0, 0.05) is 13.2 Å². The summed E-state index contributed by atoms with van der Waals surface area (Å²) in [4.78, 5) is 3.64. The fourth-order valence-electron chi connectivity index (χ4n) is 1.49. The molecule has 0 spiro atoms. The summed E-state index contributed by atoms with van der Waals surface area (Å²) in [5.74, 6) is -0.649. The second-order valence-electron chi connectivity index (χ2n) is 4.03. The first-order valence-electron chi connectivity index (χ1n) is 5.53. The van der Waals surface area contributed by atoms with Crippen LogP contribution in [0.5, 0.6) is 5.75 Å². The number of halogens is 3. The monoisotopic (exact) mass is 321 g/mol. The molecule has 0 bridgehead atoms. The highest BCUT2D eigenvalue weighted by Crippen LogP contribution is 2.31. The lowest BCUT2D eigenvalue weighted by Gasteiger charge is -2.13. The summed E-state index contributed by atoms with van der Waals surface area (Å²) >= 11 is 0. The predicted molar refractivity (Wildman–Crippen MR) is 67.1 cm³/mol. The lowest BCUT2D eigenvalue weighted by atomic mass is 10.3. The largest absolute Gasteiger partial charge is 0.573 e. The Morgan fingerprint density at radius 2 is 1.95 bits per heavy atom. The molecule has 1 aromatic heterocycles. The van der Waals surface area contributed by atoms with Crippen LogP contribution in [0.15, 0.2) is 41.8 Å². The number of nitrogens with one attached hydrogen (secondary N) is 1. The molecule has 0 aliphatic heterocycles. The maximum atomic E-state index is 12.3. The van der Waals surface area contributed by atoms with Crippen molar-refractivity contribution in [3.63, 3.8) is 0 Å². The fraction of sp³-hybridized carbons (Fsp3) is 0.182. The highest BCUT2D eigenvalue weighted by atomic mass is 32.2. The standard InChI is InChI=1S/C11H10F3N3O3S/c1-17-6-10(15-7-17)21(18,19)16-8-4-2-3-5-9(8)20-11(12,13)14/h2-7,16H,1H3. The van der Waals surface area contributed by atoms with Crippen LogP contribution in [0.4, 0.5) is 18.9 Å². The number of imidazole rings is 1. The summed E-state index contributed by atoms with van der Waals surface area (Å²) in [6.45, 7) is 0. The van der Waals surface area contributed by atoms with Gasteiger partial charge in [0.05, 0.1) is 12.0 Å². The number of aromatic nitrogens is 2. The topological polar surface area (TPSA) is 73.2 Å². The SMILES string of the molecule is Cn1cnc(S(=O)(=O)Nc2ccccc2OC(F)(F)F)c1. The molecule has 0 aliphatic carbocycles. The number of alkyl halides is 3. The minimum absolute atomic E-state index is 0.313. The molecule has 6 nitrogen and oxygen atoms in total. The normalized spacial score (nSPS) is 12.2. The van der Waals surface area contributed by atoms with Gasteiger partial charge in [0.2, 0.25) is 0 Å². The number of aryl methyl sites for hydroxylation is 1. The molecule has 0 atom stereocenters. The molecule has 0 amide bonds. The zero-order valence-corrected chi connectivity index (χ0v) is 11.4. The van der Waals surface area contributed by atoms with Crippen molar-refractivity contribution in [1.29, 1.82) is 0 Å². The highest BCUT2D eigenvalue weighted by molar-refractivity contribution is 7.92. The molecule has 1 aromatic carbocycles. The van der Waals surface area contributed by atoms with E-state index in [2.05, 4.69) is 9.72 Å². The van der Waals surface area contributed by atoms with Crippen molar-refractivity contribution in [1.82, 2.24) is 9.55 Å². The summed E-state index contributed by atoms with van der Waals surface area (Å²) in [6, 6.07) is 4.82. The van der Waals surface area contributed by atoms with Crippen molar-refractivity contribution < 1.29 is 26.3 Å². The lowest BCUT2D eigenvalue weighted by molar-refractivity contribution is -0.274. The number of hydrogen-bond acceptors (Lipinski definition) is 4. The molecule has 0 saturated carbocycles. The van der Waals surface area contributed by atoms with Gasteiger partial charge in [0.25, 0.3) is 10.0 Å². The minimum atomic E-state index is -4.92. The Morgan fingerprint density at radius 1 is 1.29 bits per heavy atom. The first-order valence-corrected chi connectivity index (χ1v) is 7.01. The van der Waals surface area contributed by atoms with Gasteiger partial charge in [-0.15, -0.1) is 13.2 Å². The number of anilines is 1. The second-order valence-corrected chi connectivity index (χ2v) is 5.66. The maximum absolute atomic E-state index is 12.3. The average molecular weight is 321 g/mol. The van der Waals surface area contributed by atoms with E-state index < -0.39 is 22.1 Å². The van der Waals surface area contributed by atoms with Gasteiger partial charge in [-0.3, -0.25) is 4.72 Å². The summed E-state index contributed by atoms with van der Waals surface area (Å²) in [5.41, 5.74) is -0.333. The Kier molecular flexibility index (Phi) is 3.81. The quantitative estimate of drug-likeness (QED) is 0.936. The van der Waals surface area contributed by atoms with Crippen LogP contribution in [-0.2, 0) is 17.1 Å². The van der Waals surface area contributed by atoms with E-state index in [4.69, 9.17) is 0 Å². The van der Waals surface area contributed by atoms with Gasteiger partial charge < -0.3 is 9.30 Å². The van der Waals surface area contributed by atoms with Crippen molar-refractivity contribution in [3.05, 3.63) is 36.8 Å². The van der Waals surface area contributed by atoms with Gasteiger partial charge in [-0.2, -0.15) is 8.42 Å². The van der Waals surface area contributed by atoms with E-state index in [0.717, 1.165) is 12.1 Å². The Bertz CT molecular complexity index is 740. The number of sulfonamides is 1. The third-order valence-electron chi connectivity index (χ3n) is 2.31. The number of benzene rings is 1. The lowest BCUT2D eigenvalue weighted by Crippen LogP contribution is -2.20. The van der Waals surface area contributed by atoms with Crippen LogP contribution in [0.3, 0.4) is 0 Å². The van der Waals surface area contributed by atoms with Crippen molar-refractivity contribution in [3.8, 4) is 5.75 Å². The van der Waals surface area contributed by atoms with E-state index in [0.29, 0.717) is 0 Å². The van der Waals surface area contributed by atoms with Gasteiger partial charge in [-0.1, -0.05) is 12.1 Å². The molecule has 0 aliphatic rings. The third kappa shape index (κ3) is 3.88. The van der Waals surface area contributed by atoms with Crippen LogP contribution in [0, 0.1) is 0 Å². The molecule has 0 fully saturated rings. The van der Waals surface area contributed by atoms with Crippen molar-refractivity contribution in [2.45, 2.75) is 11.4 Å². The van der Waals surface area contributed by atoms with Crippen molar-refractivity contribution in [2.75, 3.05) is 4.72 Å². The molecule has 1 heterocycles. The van der Waals surface area contributed by atoms with Crippen LogP contribution in [0.2, 0.25) is 0 Å². The van der Waals surface area contributed by atoms with Crippen LogP contribution in [-0.4, -0.2) is 24.3 Å². The number of para-hydroxylation sites is 2. The molecule has 0 radical (unpaired) electrons. The predicted octanol–water partition coefficient (Wildman–Crippen LogP) is 2.12. The third-order valence-corrected chi connectivity index (χ3v) is 3.56. The van der Waals surface area contributed by atoms with E-state index in [9.17, 15) is 21.6 Å². The van der Waals surface area contributed by atoms with E-state index in [1.807, 2.05) is 4.72 Å². The average Bonchev–Trinajstić information content (AvgIpc) is 2.77. The van der Waals surface area contributed by atoms with Gasteiger partial charge in [-0.05, 0) is 12.1 Å². The number of ether oxygens (including phenoxy) is 1. The molecular formula is C11H10F3N3O3S. The fourth-order valence-corrected chi connectivity index (χ4v) is 2.54. The molecule has 2 aromatic rings. The van der Waals surface area contributed by atoms with Gasteiger partial charge in [-0.25, -0.2) is 4.98 Å². The van der Waals surface area contributed by atoms with Gasteiger partial charge in [0.15, 0.2) is 10.8 Å². The zero-order valence-electron chi connectivity index (χ0n) is 10.6. The van der Waals surface area contributed by atoms with E-state index >= 15 is 0 Å². The second kappa shape index (κ2) is 5.28. The molecule has 10 heteroatoms. The van der Waals surface area contributed by atoms with Crippen molar-refractivity contribution >= 4 is 15.7 Å². The number of hydrogen-bond donors (Lipinski definition) is 1. The highest BCUT2D eigenvalue weighted by Gasteiger charge is 2.32. The molecule has 2 rings (SSSR count). The molecule has 0 saturated heterocycles. The van der Waals surface area contributed by atoms with Gasteiger partial charge in [0.1, 0.15) is 0 Å². The minimum Gasteiger partial charge on any atom is -0.404 e. The van der Waals surface area contributed by atoms with Crippen LogP contribution in [0.1, 0.15) is 0 Å².